The third-order valence-electron chi connectivity index (χ3n) is 4.46. The molecule has 6 heteroatoms. The van der Waals surface area contributed by atoms with E-state index in [0.717, 1.165) is 29.2 Å². The van der Waals surface area contributed by atoms with Gasteiger partial charge in [0.25, 0.3) is 5.91 Å². The van der Waals surface area contributed by atoms with E-state index in [4.69, 9.17) is 14.6 Å². The molecule has 1 heterocycles. The first-order valence-electron chi connectivity index (χ1n) is 8.84. The van der Waals surface area contributed by atoms with Crippen LogP contribution in [0.25, 0.3) is 10.8 Å². The summed E-state index contributed by atoms with van der Waals surface area (Å²) in [6.07, 6.45) is 2.26. The molecule has 0 unspecified atom stereocenters. The molecule has 1 amide bonds. The van der Waals surface area contributed by atoms with Crippen molar-refractivity contribution >= 4 is 22.6 Å². The fraction of sp³-hybridized carbons (Fsp3) is 0.400. The van der Waals surface area contributed by atoms with Crippen LogP contribution in [-0.4, -0.2) is 42.8 Å². The van der Waals surface area contributed by atoms with Crippen LogP contribution in [0.2, 0.25) is 0 Å². The van der Waals surface area contributed by atoms with E-state index < -0.39 is 5.97 Å². The van der Waals surface area contributed by atoms with Crippen molar-refractivity contribution in [1.82, 2.24) is 5.32 Å². The van der Waals surface area contributed by atoms with Crippen molar-refractivity contribution in [2.75, 3.05) is 19.8 Å². The Balaban J connectivity index is 1.58. The average molecular weight is 357 g/mol. The molecule has 3 rings (SSSR count). The molecular weight excluding hydrogens is 334 g/mol. The van der Waals surface area contributed by atoms with Crippen molar-refractivity contribution in [2.45, 2.75) is 31.7 Å². The summed E-state index contributed by atoms with van der Waals surface area (Å²) in [5.41, 5.74) is 0.967. The number of carboxylic acid groups (broad SMARTS) is 1. The summed E-state index contributed by atoms with van der Waals surface area (Å²) in [4.78, 5) is 22.7. The smallest absolute Gasteiger partial charge is 0.303 e. The van der Waals surface area contributed by atoms with E-state index in [9.17, 15) is 9.59 Å². The molecule has 0 atom stereocenters. The molecule has 6 nitrogen and oxygen atoms in total. The number of fused-ring (bicyclic) bond motifs is 1. The maximum absolute atomic E-state index is 12.0. The first-order chi connectivity index (χ1) is 12.6. The van der Waals surface area contributed by atoms with Crippen LogP contribution in [0, 0.1) is 0 Å². The van der Waals surface area contributed by atoms with E-state index in [-0.39, 0.29) is 25.0 Å². The maximum Gasteiger partial charge on any atom is 0.303 e. The molecule has 0 radical (unpaired) electrons. The van der Waals surface area contributed by atoms with E-state index in [0.29, 0.717) is 25.4 Å². The summed E-state index contributed by atoms with van der Waals surface area (Å²) in [6, 6.07) is 11.7. The Morgan fingerprint density at radius 1 is 1.12 bits per heavy atom. The summed E-state index contributed by atoms with van der Waals surface area (Å²) in [5.74, 6) is -0.320. The minimum absolute atomic E-state index is 0.0262. The largest absolute Gasteiger partial charge is 0.484 e. The van der Waals surface area contributed by atoms with E-state index in [1.165, 1.54) is 0 Å². The Labute approximate surface area is 152 Å². The second kappa shape index (κ2) is 8.67. The number of ether oxygens (including phenoxy) is 2. The molecule has 1 aliphatic rings. The predicted molar refractivity (Wildman–Crippen MR) is 97.4 cm³/mol. The number of carbonyl (C=O) groups is 2. The number of amides is 1. The summed E-state index contributed by atoms with van der Waals surface area (Å²) in [6.45, 7) is 1.34. The van der Waals surface area contributed by atoms with Gasteiger partial charge in [0.05, 0.1) is 0 Å². The Bertz CT molecular complexity index is 783. The lowest BCUT2D eigenvalue weighted by Crippen LogP contribution is -2.41. The molecule has 0 bridgehead atoms. The van der Waals surface area contributed by atoms with Gasteiger partial charge in [0.2, 0.25) is 0 Å². The second-order valence-corrected chi connectivity index (χ2v) is 6.48. The van der Waals surface area contributed by atoms with Crippen molar-refractivity contribution in [3.63, 3.8) is 0 Å². The summed E-state index contributed by atoms with van der Waals surface area (Å²) < 4.78 is 10.9. The van der Waals surface area contributed by atoms with Gasteiger partial charge in [-0.15, -0.1) is 0 Å². The molecule has 26 heavy (non-hydrogen) atoms. The quantitative estimate of drug-likeness (QED) is 0.795. The topological polar surface area (TPSA) is 84.9 Å². The Morgan fingerprint density at radius 3 is 2.65 bits per heavy atom. The number of rotatable bonds is 7. The van der Waals surface area contributed by atoms with Crippen LogP contribution in [0.4, 0.5) is 0 Å². The highest BCUT2D eigenvalue weighted by molar-refractivity contribution is 5.85. The summed E-state index contributed by atoms with van der Waals surface area (Å²) >= 11 is 0. The molecule has 0 aliphatic carbocycles. The van der Waals surface area contributed by atoms with Gasteiger partial charge in [-0.1, -0.05) is 24.3 Å². The lowest BCUT2D eigenvalue weighted by molar-refractivity contribution is -0.137. The normalized spacial score (nSPS) is 14.9. The van der Waals surface area contributed by atoms with Crippen LogP contribution < -0.4 is 10.1 Å². The number of aliphatic carboxylic acids is 1. The fourth-order valence-electron chi connectivity index (χ4n) is 3.03. The van der Waals surface area contributed by atoms with Crippen molar-refractivity contribution < 1.29 is 24.2 Å². The number of hydrogen-bond acceptors (Lipinski definition) is 4. The van der Waals surface area contributed by atoms with E-state index in [1.54, 1.807) is 0 Å². The molecule has 1 fully saturated rings. The van der Waals surface area contributed by atoms with Gasteiger partial charge in [-0.05, 0) is 47.7 Å². The molecule has 0 saturated carbocycles. The molecule has 2 aromatic rings. The number of carboxylic acids is 1. The van der Waals surface area contributed by atoms with Crippen molar-refractivity contribution in [1.29, 1.82) is 0 Å². The fourth-order valence-corrected chi connectivity index (χ4v) is 3.03. The van der Waals surface area contributed by atoms with Crippen LogP contribution >= 0.6 is 0 Å². The minimum atomic E-state index is -0.808. The molecule has 0 spiro atoms. The number of aryl methyl sites for hydroxylation is 1. The van der Waals surface area contributed by atoms with Gasteiger partial charge < -0.3 is 19.9 Å². The van der Waals surface area contributed by atoms with Crippen LogP contribution in [0.15, 0.2) is 36.4 Å². The third-order valence-corrected chi connectivity index (χ3v) is 4.46. The van der Waals surface area contributed by atoms with Gasteiger partial charge in [0.15, 0.2) is 6.61 Å². The van der Waals surface area contributed by atoms with Crippen molar-refractivity contribution in [3.05, 3.63) is 42.0 Å². The number of nitrogens with one attached hydrogen (secondary N) is 1. The molecule has 2 aromatic carbocycles. The van der Waals surface area contributed by atoms with Gasteiger partial charge in [-0.3, -0.25) is 9.59 Å². The number of carbonyl (C=O) groups excluding carboxylic acids is 1. The second-order valence-electron chi connectivity index (χ2n) is 6.48. The zero-order valence-electron chi connectivity index (χ0n) is 14.6. The van der Waals surface area contributed by atoms with Gasteiger partial charge in [-0.2, -0.15) is 0 Å². The van der Waals surface area contributed by atoms with Gasteiger partial charge >= 0.3 is 5.97 Å². The molecule has 1 aliphatic heterocycles. The van der Waals surface area contributed by atoms with Gasteiger partial charge in [-0.25, -0.2) is 0 Å². The first kappa shape index (κ1) is 18.2. The minimum Gasteiger partial charge on any atom is -0.484 e. The summed E-state index contributed by atoms with van der Waals surface area (Å²) in [7, 11) is 0. The average Bonchev–Trinajstić information content (AvgIpc) is 2.65. The van der Waals surface area contributed by atoms with E-state index in [2.05, 4.69) is 5.32 Å². The van der Waals surface area contributed by atoms with Gasteiger partial charge in [0.1, 0.15) is 5.75 Å². The highest BCUT2D eigenvalue weighted by Gasteiger charge is 2.16. The van der Waals surface area contributed by atoms with Gasteiger partial charge in [0, 0.05) is 25.7 Å². The first-order valence-corrected chi connectivity index (χ1v) is 8.84. The number of benzene rings is 2. The van der Waals surface area contributed by atoms with Crippen molar-refractivity contribution in [2.24, 2.45) is 0 Å². The standard InChI is InChI=1S/C20H23NO5/c22-19(21-17-7-9-25-10-8-17)13-26-18-5-4-15-3-1-14(2-6-20(23)24)11-16(15)12-18/h1,3-5,11-12,17H,2,6-10,13H2,(H,21,22)(H,23,24). The van der Waals surface area contributed by atoms with Crippen LogP contribution in [0.1, 0.15) is 24.8 Å². The van der Waals surface area contributed by atoms with Crippen molar-refractivity contribution in [3.8, 4) is 5.75 Å². The Hall–Kier alpha value is -2.60. The molecule has 0 aromatic heterocycles. The lowest BCUT2D eigenvalue weighted by atomic mass is 10.0. The summed E-state index contributed by atoms with van der Waals surface area (Å²) in [5, 5.41) is 13.8. The molecule has 1 saturated heterocycles. The Morgan fingerprint density at radius 2 is 1.88 bits per heavy atom. The monoisotopic (exact) mass is 357 g/mol. The highest BCUT2D eigenvalue weighted by Crippen LogP contribution is 2.22. The maximum atomic E-state index is 12.0. The molecule has 138 valence electrons. The zero-order valence-corrected chi connectivity index (χ0v) is 14.6. The van der Waals surface area contributed by atoms with Crippen LogP contribution in [-0.2, 0) is 20.7 Å². The zero-order chi connectivity index (χ0) is 18.4. The lowest BCUT2D eigenvalue weighted by Gasteiger charge is -2.23. The highest BCUT2D eigenvalue weighted by atomic mass is 16.5. The SMILES string of the molecule is O=C(O)CCc1ccc2ccc(OCC(=O)NC3CCOCC3)cc2c1. The predicted octanol–water partition coefficient (Wildman–Crippen LogP) is 2.53. The van der Waals surface area contributed by atoms with E-state index >= 15 is 0 Å². The van der Waals surface area contributed by atoms with E-state index in [1.807, 2.05) is 36.4 Å². The molecular formula is C20H23NO5. The number of hydrogen-bond donors (Lipinski definition) is 2. The Kier molecular flexibility index (Phi) is 6.07. The third kappa shape index (κ3) is 5.20. The van der Waals surface area contributed by atoms with Crippen LogP contribution in [0.5, 0.6) is 5.75 Å². The van der Waals surface area contributed by atoms with Crippen LogP contribution in [0.3, 0.4) is 0 Å². The molecule has 2 N–H and O–H groups in total.